The van der Waals surface area contributed by atoms with Crippen LogP contribution in [0.15, 0.2) is 112 Å². The molecule has 0 bridgehead atoms. The molecule has 3 amide bonds. The van der Waals surface area contributed by atoms with Gasteiger partial charge in [-0.2, -0.15) is 0 Å². The fraction of sp³-hybridized carbons (Fsp3) is 0.0938. The van der Waals surface area contributed by atoms with Crippen LogP contribution in [0.2, 0.25) is 0 Å². The number of nitrogens with one attached hydrogen (secondary N) is 3. The van der Waals surface area contributed by atoms with Crippen molar-refractivity contribution in [2.75, 3.05) is 17.7 Å². The Hall–Kier alpha value is -4.41. The van der Waals surface area contributed by atoms with Crippen molar-refractivity contribution in [2.24, 2.45) is 0 Å². The summed E-state index contributed by atoms with van der Waals surface area (Å²) in [5, 5.41) is 7.60. The summed E-state index contributed by atoms with van der Waals surface area (Å²) in [7, 11) is 1.55. The Kier molecular flexibility index (Phi) is 10.5. The molecule has 0 fully saturated rings. The van der Waals surface area contributed by atoms with Crippen LogP contribution < -0.4 is 20.7 Å². The third kappa shape index (κ3) is 8.55. The van der Waals surface area contributed by atoms with Crippen LogP contribution in [0.4, 0.5) is 15.8 Å². The van der Waals surface area contributed by atoms with Crippen LogP contribution in [0.5, 0.6) is 5.75 Å². The first-order valence-corrected chi connectivity index (χ1v) is 14.5. The number of benzene rings is 4. The van der Waals surface area contributed by atoms with Gasteiger partial charge >= 0.3 is 0 Å². The highest BCUT2D eigenvalue weighted by molar-refractivity contribution is 9.10. The molecule has 0 aromatic heterocycles. The summed E-state index contributed by atoms with van der Waals surface area (Å²) in [6.45, 7) is 1.72. The molecule has 0 saturated heterocycles. The molecule has 4 aromatic carbocycles. The molecule has 0 heterocycles. The van der Waals surface area contributed by atoms with Crippen LogP contribution in [0.25, 0.3) is 6.08 Å². The molecule has 7 nitrogen and oxygen atoms in total. The lowest BCUT2D eigenvalue weighted by molar-refractivity contribution is -0.115. The molecule has 0 aliphatic carbocycles. The third-order valence-electron chi connectivity index (χ3n) is 5.92. The summed E-state index contributed by atoms with van der Waals surface area (Å²) < 4.78 is 20.0. The molecule has 0 saturated carbocycles. The number of anilines is 2. The van der Waals surface area contributed by atoms with Crippen LogP contribution >= 0.6 is 27.7 Å². The minimum atomic E-state index is -0.533. The first-order chi connectivity index (χ1) is 20.2. The summed E-state index contributed by atoms with van der Waals surface area (Å²) in [5.41, 5.74) is 1.70. The maximum absolute atomic E-state index is 14.1. The molecule has 214 valence electrons. The highest BCUT2D eigenvalue weighted by Crippen LogP contribution is 2.27. The van der Waals surface area contributed by atoms with Gasteiger partial charge in [0.1, 0.15) is 17.3 Å². The van der Waals surface area contributed by atoms with E-state index < -0.39 is 22.9 Å². The summed E-state index contributed by atoms with van der Waals surface area (Å²) in [6, 6.07) is 27.0. The maximum atomic E-state index is 14.1. The number of thioether (sulfide) groups is 1. The van der Waals surface area contributed by atoms with E-state index in [0.717, 1.165) is 4.90 Å². The minimum absolute atomic E-state index is 0.0426. The fourth-order valence-corrected chi connectivity index (χ4v) is 4.94. The van der Waals surface area contributed by atoms with E-state index in [0.29, 0.717) is 27.0 Å². The Bertz CT molecular complexity index is 1610. The maximum Gasteiger partial charge on any atom is 0.272 e. The molecule has 0 aliphatic rings. The SMILES string of the molecule is COc1cccc(/C=C(\NC(=O)c2ccccc2)C(=O)Nc2ccc(SC(C)C(=O)Nc3ccc(Br)cc3F)cc2)c1. The second-order valence-corrected chi connectivity index (χ2v) is 11.3. The predicted molar refractivity (Wildman–Crippen MR) is 168 cm³/mol. The van der Waals surface area contributed by atoms with Gasteiger partial charge in [-0.15, -0.1) is 11.8 Å². The van der Waals surface area contributed by atoms with Gasteiger partial charge in [0.25, 0.3) is 11.8 Å². The average Bonchev–Trinajstić information content (AvgIpc) is 2.99. The summed E-state index contributed by atoms with van der Waals surface area (Å²) in [6.07, 6.45) is 1.57. The van der Waals surface area contributed by atoms with Crippen molar-refractivity contribution in [3.8, 4) is 5.75 Å². The van der Waals surface area contributed by atoms with Crippen molar-refractivity contribution < 1.29 is 23.5 Å². The topological polar surface area (TPSA) is 96.5 Å². The number of hydrogen-bond donors (Lipinski definition) is 3. The van der Waals surface area contributed by atoms with Crippen LogP contribution in [-0.2, 0) is 9.59 Å². The van der Waals surface area contributed by atoms with Gasteiger partial charge in [-0.25, -0.2) is 4.39 Å². The number of rotatable bonds is 10. The predicted octanol–water partition coefficient (Wildman–Crippen LogP) is 7.13. The molecule has 3 N–H and O–H groups in total. The van der Waals surface area contributed by atoms with Gasteiger partial charge in [0.2, 0.25) is 5.91 Å². The van der Waals surface area contributed by atoms with Gasteiger partial charge in [0.15, 0.2) is 0 Å². The lowest BCUT2D eigenvalue weighted by Gasteiger charge is -2.14. The summed E-state index contributed by atoms with van der Waals surface area (Å²) in [4.78, 5) is 39.5. The highest BCUT2D eigenvalue weighted by atomic mass is 79.9. The number of methoxy groups -OCH3 is 1. The summed E-state index contributed by atoms with van der Waals surface area (Å²) >= 11 is 4.48. The monoisotopic (exact) mass is 647 g/mol. The van der Waals surface area contributed by atoms with E-state index in [1.807, 2.05) is 0 Å². The molecular formula is C32H27BrFN3O4S. The van der Waals surface area contributed by atoms with Crippen molar-refractivity contribution >= 4 is 62.9 Å². The number of halogens is 2. The van der Waals surface area contributed by atoms with Gasteiger partial charge in [-0.05, 0) is 85.3 Å². The first kappa shape index (κ1) is 30.5. The number of ether oxygens (including phenoxy) is 1. The zero-order valence-corrected chi connectivity index (χ0v) is 25.1. The Labute approximate surface area is 255 Å². The Morgan fingerprint density at radius 3 is 2.33 bits per heavy atom. The second-order valence-electron chi connectivity index (χ2n) is 9.01. The fourth-order valence-electron chi connectivity index (χ4n) is 3.74. The van der Waals surface area contributed by atoms with Crippen LogP contribution in [0, 0.1) is 5.82 Å². The van der Waals surface area contributed by atoms with E-state index in [1.54, 1.807) is 105 Å². The number of amides is 3. The van der Waals surface area contributed by atoms with Crippen molar-refractivity contribution in [3.05, 3.63) is 124 Å². The number of carbonyl (C=O) groups is 3. The van der Waals surface area contributed by atoms with Crippen LogP contribution in [0.1, 0.15) is 22.8 Å². The van der Waals surface area contributed by atoms with E-state index in [1.165, 1.54) is 23.9 Å². The average molecular weight is 649 g/mol. The van der Waals surface area contributed by atoms with Gasteiger partial charge in [-0.1, -0.05) is 46.3 Å². The molecule has 4 rings (SSSR count). The largest absolute Gasteiger partial charge is 0.497 e. The Morgan fingerprint density at radius 2 is 1.64 bits per heavy atom. The summed E-state index contributed by atoms with van der Waals surface area (Å²) in [5.74, 6) is -1.22. The normalized spacial score (nSPS) is 11.8. The lowest BCUT2D eigenvalue weighted by Crippen LogP contribution is -2.30. The molecule has 0 radical (unpaired) electrons. The molecular weight excluding hydrogens is 621 g/mol. The van der Waals surface area contributed by atoms with E-state index in [2.05, 4.69) is 31.9 Å². The van der Waals surface area contributed by atoms with E-state index in [-0.39, 0.29) is 17.3 Å². The van der Waals surface area contributed by atoms with Crippen molar-refractivity contribution in [2.45, 2.75) is 17.1 Å². The van der Waals surface area contributed by atoms with E-state index in [4.69, 9.17) is 4.74 Å². The van der Waals surface area contributed by atoms with Gasteiger partial charge in [0, 0.05) is 20.6 Å². The van der Waals surface area contributed by atoms with Gasteiger partial charge in [-0.3, -0.25) is 14.4 Å². The minimum Gasteiger partial charge on any atom is -0.497 e. The standard InChI is InChI=1S/C32H27BrFN3O4S/c1-20(30(38)36-28-16-11-23(33)19-27(28)34)42-26-14-12-24(13-15-26)35-32(40)29(18-21-7-6-10-25(17-21)41-2)37-31(39)22-8-4-3-5-9-22/h3-20H,1-2H3,(H,35,40)(H,36,38)(H,37,39)/b29-18-. The van der Waals surface area contributed by atoms with Crippen molar-refractivity contribution in [3.63, 3.8) is 0 Å². The first-order valence-electron chi connectivity index (χ1n) is 12.8. The molecule has 4 aromatic rings. The van der Waals surface area contributed by atoms with Crippen LogP contribution in [0.3, 0.4) is 0 Å². The lowest BCUT2D eigenvalue weighted by atomic mass is 10.1. The molecule has 42 heavy (non-hydrogen) atoms. The van der Waals surface area contributed by atoms with Gasteiger partial charge in [0.05, 0.1) is 18.0 Å². The van der Waals surface area contributed by atoms with E-state index >= 15 is 0 Å². The second kappa shape index (κ2) is 14.5. The van der Waals surface area contributed by atoms with Crippen LogP contribution in [-0.4, -0.2) is 30.1 Å². The van der Waals surface area contributed by atoms with Crippen molar-refractivity contribution in [1.82, 2.24) is 5.32 Å². The highest BCUT2D eigenvalue weighted by Gasteiger charge is 2.18. The smallest absolute Gasteiger partial charge is 0.272 e. The molecule has 1 unspecified atom stereocenters. The Balaban J connectivity index is 1.44. The molecule has 0 spiro atoms. The zero-order valence-electron chi connectivity index (χ0n) is 22.7. The quantitative estimate of drug-likeness (QED) is 0.126. The zero-order chi connectivity index (χ0) is 30.1. The third-order valence-corrected chi connectivity index (χ3v) is 7.52. The van der Waals surface area contributed by atoms with Gasteiger partial charge < -0.3 is 20.7 Å². The molecule has 10 heteroatoms. The van der Waals surface area contributed by atoms with E-state index in [9.17, 15) is 18.8 Å². The molecule has 0 aliphatic heterocycles. The Morgan fingerprint density at radius 1 is 0.905 bits per heavy atom. The number of carbonyl (C=O) groups excluding carboxylic acids is 3. The number of hydrogen-bond acceptors (Lipinski definition) is 5. The molecule has 1 atom stereocenters. The van der Waals surface area contributed by atoms with Crippen molar-refractivity contribution in [1.29, 1.82) is 0 Å².